The molecule has 0 unspecified atom stereocenters. The van der Waals surface area contributed by atoms with Crippen LogP contribution in [0, 0.1) is 0 Å². The summed E-state index contributed by atoms with van der Waals surface area (Å²) < 4.78 is 0. The van der Waals surface area contributed by atoms with Crippen LogP contribution in [0.25, 0.3) is 0 Å². The minimum Gasteiger partial charge on any atom is -0.303 e. The van der Waals surface area contributed by atoms with Gasteiger partial charge in [0.15, 0.2) is 0 Å². The van der Waals surface area contributed by atoms with Gasteiger partial charge < -0.3 is 4.79 Å². The number of carbonyl (C=O) groups excluding carboxylic acids is 1. The van der Waals surface area contributed by atoms with Gasteiger partial charge in [0.2, 0.25) is 0 Å². The molecule has 0 N–H and O–H groups in total. The average molecular weight is 166 g/mol. The Hall–Kier alpha value is -0.760. The third kappa shape index (κ3) is 2.76. The van der Waals surface area contributed by atoms with Gasteiger partial charge >= 0.3 is 0 Å². The Labute approximate surface area is 71.8 Å². The molecule has 0 bridgehead atoms. The van der Waals surface area contributed by atoms with Gasteiger partial charge in [-0.15, -0.1) is 0 Å². The molecule has 1 nitrogen and oxygen atoms in total. The van der Waals surface area contributed by atoms with Gasteiger partial charge in [-0.2, -0.15) is 0 Å². The lowest BCUT2D eigenvalue weighted by Gasteiger charge is -2.04. The summed E-state index contributed by atoms with van der Waals surface area (Å²) in [4.78, 5) is 11.0. The molecule has 0 radical (unpaired) electrons. The van der Waals surface area contributed by atoms with Crippen molar-refractivity contribution in [2.45, 2.75) is 19.3 Å². The summed E-state index contributed by atoms with van der Waals surface area (Å²) in [5.74, 6) is 0. The summed E-state index contributed by atoms with van der Waals surface area (Å²) in [6.07, 6.45) is 9.30. The summed E-state index contributed by atoms with van der Waals surface area (Å²) in [5.41, 5.74) is 1.17. The quantitative estimate of drug-likeness (QED) is 0.472. The minimum absolute atomic E-state index is 0.596. The van der Waals surface area contributed by atoms with Crippen molar-refractivity contribution in [1.82, 2.24) is 0 Å². The maximum atomic E-state index is 10.0. The van der Waals surface area contributed by atoms with Crippen LogP contribution in [0.15, 0.2) is 23.8 Å². The average Bonchev–Trinajstić information content (AvgIpc) is 2.01. The molecule has 0 amide bonds. The smallest absolute Gasteiger partial charge is 0.120 e. The van der Waals surface area contributed by atoms with E-state index in [1.165, 1.54) is 5.57 Å². The highest BCUT2D eigenvalue weighted by atomic mass is 32.1. The molecule has 0 spiro atoms. The molecule has 0 aliphatic heterocycles. The molecule has 2 heteroatoms. The van der Waals surface area contributed by atoms with E-state index in [0.29, 0.717) is 6.42 Å². The molecule has 0 heterocycles. The molecule has 0 aromatic carbocycles. The van der Waals surface area contributed by atoms with E-state index in [-0.39, 0.29) is 0 Å². The summed E-state index contributed by atoms with van der Waals surface area (Å²) in [7, 11) is 0. The van der Waals surface area contributed by atoms with Crippen LogP contribution in [-0.2, 0) is 4.79 Å². The van der Waals surface area contributed by atoms with Gasteiger partial charge in [0.1, 0.15) is 6.29 Å². The molecule has 0 atom stereocenters. The second-order valence-electron chi connectivity index (χ2n) is 2.50. The predicted octanol–water partition coefficient (Wildman–Crippen LogP) is 2.22. The fourth-order valence-corrected chi connectivity index (χ4v) is 1.27. The van der Waals surface area contributed by atoms with E-state index in [9.17, 15) is 4.79 Å². The van der Waals surface area contributed by atoms with Gasteiger partial charge in [-0.25, -0.2) is 0 Å². The second kappa shape index (κ2) is 4.19. The zero-order valence-corrected chi connectivity index (χ0v) is 7.06. The molecule has 1 aliphatic carbocycles. The van der Waals surface area contributed by atoms with Crippen LogP contribution in [0.3, 0.4) is 0 Å². The lowest BCUT2D eigenvalue weighted by atomic mass is 10.0. The van der Waals surface area contributed by atoms with Crippen molar-refractivity contribution in [3.63, 3.8) is 0 Å². The van der Waals surface area contributed by atoms with E-state index in [4.69, 9.17) is 12.2 Å². The van der Waals surface area contributed by atoms with Crippen molar-refractivity contribution >= 4 is 23.4 Å². The Kier molecular flexibility index (Phi) is 3.17. The van der Waals surface area contributed by atoms with Gasteiger partial charge in [-0.1, -0.05) is 24.4 Å². The van der Waals surface area contributed by atoms with Crippen molar-refractivity contribution in [2.24, 2.45) is 0 Å². The van der Waals surface area contributed by atoms with Gasteiger partial charge in [0.25, 0.3) is 0 Å². The number of hydrogen-bond donors (Lipinski definition) is 0. The zero-order valence-electron chi connectivity index (χ0n) is 6.25. The normalized spacial score (nSPS) is 16.4. The standard InChI is InChI=1S/C9H10OS/c10-6-2-4-8-3-1-5-9(11)7-8/h1,3,6-7H,2,4-5H2. The SMILES string of the molecule is O=CCCC1=CC(=S)CC=C1. The fraction of sp³-hybridized carbons (Fsp3) is 0.333. The summed E-state index contributed by atoms with van der Waals surface area (Å²) in [6, 6.07) is 0. The number of carbonyl (C=O) groups is 1. The summed E-state index contributed by atoms with van der Waals surface area (Å²) in [5, 5.41) is 0. The first-order chi connectivity index (χ1) is 5.33. The number of aldehydes is 1. The van der Waals surface area contributed by atoms with Gasteiger partial charge in [0.05, 0.1) is 0 Å². The summed E-state index contributed by atoms with van der Waals surface area (Å²) in [6.45, 7) is 0. The van der Waals surface area contributed by atoms with Crippen LogP contribution in [0.4, 0.5) is 0 Å². The highest BCUT2D eigenvalue weighted by molar-refractivity contribution is 7.80. The van der Waals surface area contributed by atoms with Crippen LogP contribution in [0.2, 0.25) is 0 Å². The molecule has 1 rings (SSSR count). The van der Waals surface area contributed by atoms with E-state index >= 15 is 0 Å². The minimum atomic E-state index is 0.596. The van der Waals surface area contributed by atoms with Crippen molar-refractivity contribution in [1.29, 1.82) is 0 Å². The Morgan fingerprint density at radius 1 is 1.64 bits per heavy atom. The van der Waals surface area contributed by atoms with Crippen molar-refractivity contribution in [2.75, 3.05) is 0 Å². The Balaban J connectivity index is 2.50. The number of rotatable bonds is 3. The lowest BCUT2D eigenvalue weighted by Crippen LogP contribution is -1.95. The van der Waals surface area contributed by atoms with Crippen molar-refractivity contribution in [3.05, 3.63) is 23.8 Å². The maximum Gasteiger partial charge on any atom is 0.120 e. The second-order valence-corrected chi connectivity index (χ2v) is 3.02. The van der Waals surface area contributed by atoms with Gasteiger partial charge in [-0.05, 0) is 18.1 Å². The first-order valence-corrected chi connectivity index (χ1v) is 4.07. The van der Waals surface area contributed by atoms with Crippen molar-refractivity contribution < 1.29 is 4.79 Å². The number of allylic oxidation sites excluding steroid dienone is 4. The third-order valence-electron chi connectivity index (χ3n) is 1.55. The molecule has 58 valence electrons. The van der Waals surface area contributed by atoms with E-state index in [1.54, 1.807) is 0 Å². The summed E-state index contributed by atoms with van der Waals surface area (Å²) >= 11 is 5.02. The predicted molar refractivity (Wildman–Crippen MR) is 49.7 cm³/mol. The van der Waals surface area contributed by atoms with E-state index in [2.05, 4.69) is 0 Å². The first-order valence-electron chi connectivity index (χ1n) is 3.66. The molecular formula is C9H10OS. The Bertz CT molecular complexity index is 226. The lowest BCUT2D eigenvalue weighted by molar-refractivity contribution is -0.107. The fourth-order valence-electron chi connectivity index (χ4n) is 1.02. The molecule has 0 saturated heterocycles. The van der Waals surface area contributed by atoms with Gasteiger partial charge in [0, 0.05) is 17.7 Å². The third-order valence-corrected chi connectivity index (χ3v) is 1.83. The largest absolute Gasteiger partial charge is 0.303 e. The van der Waals surface area contributed by atoms with Crippen LogP contribution in [0.1, 0.15) is 19.3 Å². The molecule has 0 aromatic rings. The van der Waals surface area contributed by atoms with E-state index in [0.717, 1.165) is 24.0 Å². The highest BCUT2D eigenvalue weighted by Gasteiger charge is 1.99. The van der Waals surface area contributed by atoms with Crippen molar-refractivity contribution in [3.8, 4) is 0 Å². The molecule has 0 fully saturated rings. The number of hydrogen-bond acceptors (Lipinski definition) is 2. The number of thiocarbonyl (C=S) groups is 1. The Morgan fingerprint density at radius 2 is 2.45 bits per heavy atom. The highest BCUT2D eigenvalue weighted by Crippen LogP contribution is 2.12. The van der Waals surface area contributed by atoms with Crippen LogP contribution in [-0.4, -0.2) is 11.2 Å². The van der Waals surface area contributed by atoms with Crippen LogP contribution < -0.4 is 0 Å². The van der Waals surface area contributed by atoms with E-state index < -0.39 is 0 Å². The molecule has 0 saturated carbocycles. The van der Waals surface area contributed by atoms with Crippen LogP contribution >= 0.6 is 12.2 Å². The topological polar surface area (TPSA) is 17.1 Å². The monoisotopic (exact) mass is 166 g/mol. The first kappa shape index (κ1) is 8.34. The van der Waals surface area contributed by atoms with E-state index in [1.807, 2.05) is 18.2 Å². The molecule has 1 aliphatic rings. The molecular weight excluding hydrogens is 156 g/mol. The zero-order chi connectivity index (χ0) is 8.10. The Morgan fingerprint density at radius 3 is 3.09 bits per heavy atom. The molecule has 0 aromatic heterocycles. The van der Waals surface area contributed by atoms with Gasteiger partial charge in [-0.3, -0.25) is 0 Å². The molecule has 11 heavy (non-hydrogen) atoms. The van der Waals surface area contributed by atoms with Crippen LogP contribution in [0.5, 0.6) is 0 Å². The maximum absolute atomic E-state index is 10.0.